The average molecular weight is 271 g/mol. The molecule has 3 heterocycles. The number of hydrogen-bond acceptors (Lipinski definition) is 5. The van der Waals surface area contributed by atoms with Crippen LogP contribution in [0.1, 0.15) is 22.0 Å². The van der Waals surface area contributed by atoms with Crippen LogP contribution in [0.3, 0.4) is 0 Å². The molecule has 0 fully saturated rings. The number of aromatic nitrogens is 1. The first-order valence-electron chi connectivity index (χ1n) is 6.15. The standard InChI is InChI=1S/C15H13NO4/c1-8-4-5-12(19-8)14-10-6-9(2)20-13(10)7-11(16-14)15(17)18-3/h4-7H,1-3H3. The Bertz CT molecular complexity index is 797. The number of carbonyl (C=O) groups is 1. The molecule has 102 valence electrons. The monoisotopic (exact) mass is 271 g/mol. The molecular weight excluding hydrogens is 258 g/mol. The van der Waals surface area contributed by atoms with Crippen LogP contribution in [-0.2, 0) is 4.74 Å². The summed E-state index contributed by atoms with van der Waals surface area (Å²) >= 11 is 0. The molecular formula is C15H13NO4. The zero-order chi connectivity index (χ0) is 14.3. The minimum Gasteiger partial charge on any atom is -0.464 e. The Hall–Kier alpha value is -2.56. The number of aryl methyl sites for hydroxylation is 2. The molecule has 0 aliphatic carbocycles. The normalized spacial score (nSPS) is 10.9. The molecule has 0 aromatic carbocycles. The predicted molar refractivity (Wildman–Crippen MR) is 72.5 cm³/mol. The molecule has 0 bridgehead atoms. The summed E-state index contributed by atoms with van der Waals surface area (Å²) in [5, 5.41) is 0.810. The van der Waals surface area contributed by atoms with Gasteiger partial charge in [0.05, 0.1) is 12.5 Å². The van der Waals surface area contributed by atoms with Crippen molar-refractivity contribution in [3.63, 3.8) is 0 Å². The molecule has 0 spiro atoms. The Morgan fingerprint density at radius 1 is 1.15 bits per heavy atom. The number of hydrogen-bond donors (Lipinski definition) is 0. The number of fused-ring (bicyclic) bond motifs is 1. The number of esters is 1. The molecule has 0 amide bonds. The van der Waals surface area contributed by atoms with Gasteiger partial charge in [-0.3, -0.25) is 0 Å². The molecule has 0 radical (unpaired) electrons. The highest BCUT2D eigenvalue weighted by molar-refractivity contribution is 5.97. The first-order valence-corrected chi connectivity index (χ1v) is 6.15. The lowest BCUT2D eigenvalue weighted by Gasteiger charge is -2.02. The molecule has 0 unspecified atom stereocenters. The van der Waals surface area contributed by atoms with Gasteiger partial charge in [0.25, 0.3) is 0 Å². The smallest absolute Gasteiger partial charge is 0.356 e. The summed E-state index contributed by atoms with van der Waals surface area (Å²) in [6.45, 7) is 3.69. The van der Waals surface area contributed by atoms with Crippen molar-refractivity contribution in [1.82, 2.24) is 4.98 Å². The van der Waals surface area contributed by atoms with Crippen LogP contribution in [0, 0.1) is 13.8 Å². The highest BCUT2D eigenvalue weighted by atomic mass is 16.5. The van der Waals surface area contributed by atoms with Crippen LogP contribution < -0.4 is 0 Å². The van der Waals surface area contributed by atoms with Gasteiger partial charge in [-0.15, -0.1) is 0 Å². The van der Waals surface area contributed by atoms with E-state index >= 15 is 0 Å². The lowest BCUT2D eigenvalue weighted by molar-refractivity contribution is 0.0594. The number of methoxy groups -OCH3 is 1. The predicted octanol–water partition coefficient (Wildman–Crippen LogP) is 3.49. The number of rotatable bonds is 2. The van der Waals surface area contributed by atoms with E-state index < -0.39 is 5.97 Å². The van der Waals surface area contributed by atoms with Crippen molar-refractivity contribution in [1.29, 1.82) is 0 Å². The maximum absolute atomic E-state index is 11.7. The molecule has 0 saturated heterocycles. The van der Waals surface area contributed by atoms with Crippen LogP contribution in [0.15, 0.2) is 33.1 Å². The Kier molecular flexibility index (Phi) is 2.82. The van der Waals surface area contributed by atoms with E-state index in [2.05, 4.69) is 4.98 Å². The molecule has 20 heavy (non-hydrogen) atoms. The first-order chi connectivity index (χ1) is 9.58. The largest absolute Gasteiger partial charge is 0.464 e. The summed E-state index contributed by atoms with van der Waals surface area (Å²) in [6, 6.07) is 7.12. The van der Waals surface area contributed by atoms with E-state index in [1.807, 2.05) is 32.0 Å². The fraction of sp³-hybridized carbons (Fsp3) is 0.200. The quantitative estimate of drug-likeness (QED) is 0.667. The van der Waals surface area contributed by atoms with Gasteiger partial charge in [-0.1, -0.05) is 0 Å². The summed E-state index contributed by atoms with van der Waals surface area (Å²) in [5.74, 6) is 1.61. The zero-order valence-electron chi connectivity index (χ0n) is 11.4. The minimum atomic E-state index is -0.509. The van der Waals surface area contributed by atoms with Crippen LogP contribution >= 0.6 is 0 Å². The summed E-state index contributed by atoms with van der Waals surface area (Å²) in [6.07, 6.45) is 0. The second-order valence-electron chi connectivity index (χ2n) is 4.53. The Morgan fingerprint density at radius 2 is 1.95 bits per heavy atom. The van der Waals surface area contributed by atoms with Crippen LogP contribution in [0.5, 0.6) is 0 Å². The highest BCUT2D eigenvalue weighted by Crippen LogP contribution is 2.31. The van der Waals surface area contributed by atoms with Crippen molar-refractivity contribution < 1.29 is 18.4 Å². The number of pyridine rings is 1. The van der Waals surface area contributed by atoms with Gasteiger partial charge in [0.1, 0.15) is 22.8 Å². The molecule has 5 heteroatoms. The van der Waals surface area contributed by atoms with Gasteiger partial charge in [-0.25, -0.2) is 9.78 Å². The molecule has 5 nitrogen and oxygen atoms in total. The topological polar surface area (TPSA) is 65.5 Å². The molecule has 0 atom stereocenters. The van der Waals surface area contributed by atoms with Crippen LogP contribution in [0.4, 0.5) is 0 Å². The SMILES string of the molecule is COC(=O)c1cc2oc(C)cc2c(-c2ccc(C)o2)n1. The van der Waals surface area contributed by atoms with Gasteiger partial charge in [0, 0.05) is 6.07 Å². The Labute approximate surface area is 115 Å². The van der Waals surface area contributed by atoms with Crippen LogP contribution in [-0.4, -0.2) is 18.1 Å². The summed E-state index contributed by atoms with van der Waals surface area (Å²) in [5.41, 5.74) is 1.35. The molecule has 3 aromatic heterocycles. The molecule has 0 saturated carbocycles. The zero-order valence-corrected chi connectivity index (χ0v) is 11.4. The van der Waals surface area contributed by atoms with Gasteiger partial charge >= 0.3 is 5.97 Å². The summed E-state index contributed by atoms with van der Waals surface area (Å²) < 4.78 is 15.9. The molecule has 3 aromatic rings. The fourth-order valence-corrected chi connectivity index (χ4v) is 2.12. The van der Waals surface area contributed by atoms with Gasteiger partial charge in [-0.05, 0) is 32.0 Å². The lowest BCUT2D eigenvalue weighted by atomic mass is 10.1. The van der Waals surface area contributed by atoms with E-state index in [9.17, 15) is 4.79 Å². The Morgan fingerprint density at radius 3 is 2.60 bits per heavy atom. The van der Waals surface area contributed by atoms with E-state index in [1.54, 1.807) is 6.07 Å². The number of furan rings is 2. The van der Waals surface area contributed by atoms with Crippen LogP contribution in [0.2, 0.25) is 0 Å². The summed E-state index contributed by atoms with van der Waals surface area (Å²) in [4.78, 5) is 16.0. The lowest BCUT2D eigenvalue weighted by Crippen LogP contribution is -2.04. The van der Waals surface area contributed by atoms with E-state index in [4.69, 9.17) is 13.6 Å². The van der Waals surface area contributed by atoms with Crippen molar-refractivity contribution in [3.05, 3.63) is 41.5 Å². The summed E-state index contributed by atoms with van der Waals surface area (Å²) in [7, 11) is 1.32. The molecule has 0 aliphatic rings. The molecule has 0 aliphatic heterocycles. The van der Waals surface area contributed by atoms with Crippen molar-refractivity contribution in [2.24, 2.45) is 0 Å². The molecule has 0 N–H and O–H groups in total. The van der Waals surface area contributed by atoms with Crippen molar-refractivity contribution in [2.75, 3.05) is 7.11 Å². The Balaban J connectivity index is 2.29. The van der Waals surface area contributed by atoms with Gasteiger partial charge < -0.3 is 13.6 Å². The third-order valence-electron chi connectivity index (χ3n) is 3.01. The van der Waals surface area contributed by atoms with E-state index in [-0.39, 0.29) is 5.69 Å². The number of ether oxygens (including phenoxy) is 1. The third-order valence-corrected chi connectivity index (χ3v) is 3.01. The van der Waals surface area contributed by atoms with Gasteiger partial charge in [0.2, 0.25) is 0 Å². The van der Waals surface area contributed by atoms with E-state index in [0.29, 0.717) is 17.0 Å². The highest BCUT2D eigenvalue weighted by Gasteiger charge is 2.18. The van der Waals surface area contributed by atoms with Crippen LogP contribution in [0.25, 0.3) is 22.4 Å². The second-order valence-corrected chi connectivity index (χ2v) is 4.53. The fourth-order valence-electron chi connectivity index (χ4n) is 2.12. The van der Waals surface area contributed by atoms with Crippen molar-refractivity contribution in [2.45, 2.75) is 13.8 Å². The van der Waals surface area contributed by atoms with Crippen molar-refractivity contribution >= 4 is 16.9 Å². The first kappa shape index (κ1) is 12.5. The molecule has 3 rings (SSSR count). The maximum Gasteiger partial charge on any atom is 0.356 e. The second kappa shape index (κ2) is 4.52. The van der Waals surface area contributed by atoms with Gasteiger partial charge in [-0.2, -0.15) is 0 Å². The number of nitrogens with zero attached hydrogens (tertiary/aromatic N) is 1. The van der Waals surface area contributed by atoms with E-state index in [0.717, 1.165) is 16.9 Å². The number of carbonyl (C=O) groups excluding carboxylic acids is 1. The third kappa shape index (κ3) is 1.97. The van der Waals surface area contributed by atoms with Gasteiger partial charge in [0.15, 0.2) is 11.5 Å². The minimum absolute atomic E-state index is 0.193. The average Bonchev–Trinajstić information content (AvgIpc) is 3.01. The van der Waals surface area contributed by atoms with Crippen molar-refractivity contribution in [3.8, 4) is 11.5 Å². The van der Waals surface area contributed by atoms with E-state index in [1.165, 1.54) is 7.11 Å². The maximum atomic E-state index is 11.7.